The van der Waals surface area contributed by atoms with Crippen molar-refractivity contribution in [1.82, 2.24) is 9.97 Å². The second-order valence-electron chi connectivity index (χ2n) is 6.89. The van der Waals surface area contributed by atoms with Gasteiger partial charge in [-0.2, -0.15) is 0 Å². The van der Waals surface area contributed by atoms with Crippen LogP contribution in [0.2, 0.25) is 0 Å². The molecule has 5 rings (SSSR count). The van der Waals surface area contributed by atoms with E-state index in [1.54, 1.807) is 0 Å². The van der Waals surface area contributed by atoms with Gasteiger partial charge in [0.2, 0.25) is 5.71 Å². The Labute approximate surface area is 157 Å². The van der Waals surface area contributed by atoms with E-state index in [9.17, 15) is 0 Å². The molecule has 27 heavy (non-hydrogen) atoms. The van der Waals surface area contributed by atoms with Gasteiger partial charge in [0, 0.05) is 28.2 Å². The van der Waals surface area contributed by atoms with Gasteiger partial charge < -0.3 is 4.42 Å². The van der Waals surface area contributed by atoms with Crippen molar-refractivity contribution in [2.24, 2.45) is 0 Å². The quantitative estimate of drug-likeness (QED) is 0.373. The Balaban J connectivity index is 1.72. The first-order valence-corrected chi connectivity index (χ1v) is 9.01. The van der Waals surface area contributed by atoms with Crippen molar-refractivity contribution in [2.45, 2.75) is 13.8 Å². The fourth-order valence-electron chi connectivity index (χ4n) is 3.56. The van der Waals surface area contributed by atoms with E-state index >= 15 is 0 Å². The zero-order valence-corrected chi connectivity index (χ0v) is 15.2. The zero-order valence-electron chi connectivity index (χ0n) is 15.2. The zero-order chi connectivity index (χ0) is 18.4. The van der Waals surface area contributed by atoms with Crippen LogP contribution in [-0.4, -0.2) is 9.97 Å². The van der Waals surface area contributed by atoms with Gasteiger partial charge in [-0.15, -0.1) is 0 Å². The van der Waals surface area contributed by atoms with Gasteiger partial charge in [-0.25, -0.2) is 4.98 Å². The number of para-hydroxylation sites is 1. The summed E-state index contributed by atoms with van der Waals surface area (Å²) in [5.74, 6) is 0. The summed E-state index contributed by atoms with van der Waals surface area (Å²) < 4.78 is 6.13. The molecule has 2 aromatic carbocycles. The number of hydrogen-bond donors (Lipinski definition) is 0. The fourth-order valence-corrected chi connectivity index (χ4v) is 3.56. The first-order chi connectivity index (χ1) is 13.2. The van der Waals surface area contributed by atoms with Crippen LogP contribution in [-0.2, 0) is 0 Å². The van der Waals surface area contributed by atoms with E-state index in [2.05, 4.69) is 65.4 Å². The smallest absolute Gasteiger partial charge is 0.227 e. The highest BCUT2D eigenvalue weighted by Gasteiger charge is 2.14. The van der Waals surface area contributed by atoms with Gasteiger partial charge in [-0.3, -0.25) is 4.98 Å². The van der Waals surface area contributed by atoms with Crippen LogP contribution in [0.1, 0.15) is 11.3 Å². The lowest BCUT2D eigenvalue weighted by Crippen LogP contribution is -1.86. The molecular formula is C24H18N2O. The lowest BCUT2D eigenvalue weighted by Gasteiger charge is -2.06. The maximum absolute atomic E-state index is 6.13. The lowest BCUT2D eigenvalue weighted by atomic mass is 10.0. The molecule has 0 aliphatic heterocycles. The van der Waals surface area contributed by atoms with Crippen LogP contribution in [0.4, 0.5) is 0 Å². The number of fused-ring (bicyclic) bond motifs is 3. The molecule has 0 saturated heterocycles. The third kappa shape index (κ3) is 2.68. The van der Waals surface area contributed by atoms with Crippen molar-refractivity contribution in [1.29, 1.82) is 0 Å². The van der Waals surface area contributed by atoms with Gasteiger partial charge in [0.05, 0.1) is 5.69 Å². The highest BCUT2D eigenvalue weighted by Crippen LogP contribution is 2.35. The van der Waals surface area contributed by atoms with Gasteiger partial charge >= 0.3 is 0 Å². The van der Waals surface area contributed by atoms with Crippen molar-refractivity contribution >= 4 is 22.1 Å². The molecule has 3 aromatic heterocycles. The summed E-state index contributed by atoms with van der Waals surface area (Å²) in [6.45, 7) is 4.08. The summed E-state index contributed by atoms with van der Waals surface area (Å²) >= 11 is 0. The van der Waals surface area contributed by atoms with E-state index in [1.807, 2.05) is 31.3 Å². The highest BCUT2D eigenvalue weighted by atomic mass is 16.3. The number of hydrogen-bond acceptors (Lipinski definition) is 3. The number of pyridine rings is 2. The third-order valence-electron chi connectivity index (χ3n) is 4.89. The van der Waals surface area contributed by atoms with Gasteiger partial charge in [-0.1, -0.05) is 42.0 Å². The molecule has 0 amide bonds. The Morgan fingerprint density at radius 2 is 1.63 bits per heavy atom. The average Bonchev–Trinajstić information content (AvgIpc) is 3.05. The summed E-state index contributed by atoms with van der Waals surface area (Å²) in [5, 5.41) is 2.10. The first-order valence-electron chi connectivity index (χ1n) is 9.01. The summed E-state index contributed by atoms with van der Waals surface area (Å²) in [5.41, 5.74) is 7.91. The van der Waals surface area contributed by atoms with Gasteiger partial charge in [0.1, 0.15) is 5.58 Å². The van der Waals surface area contributed by atoms with Gasteiger partial charge in [-0.05, 0) is 55.3 Å². The minimum atomic E-state index is 0.673. The molecule has 0 N–H and O–H groups in total. The van der Waals surface area contributed by atoms with E-state index in [4.69, 9.17) is 4.42 Å². The Morgan fingerprint density at radius 3 is 2.52 bits per heavy atom. The maximum Gasteiger partial charge on any atom is 0.227 e. The van der Waals surface area contributed by atoms with Crippen molar-refractivity contribution in [3.63, 3.8) is 0 Å². The van der Waals surface area contributed by atoms with Crippen molar-refractivity contribution in [3.05, 3.63) is 84.2 Å². The summed E-state index contributed by atoms with van der Waals surface area (Å²) in [7, 11) is 0. The number of aromatic nitrogens is 2. The number of rotatable bonds is 2. The molecule has 3 nitrogen and oxygen atoms in total. The Kier molecular flexibility index (Phi) is 3.54. The molecular weight excluding hydrogens is 332 g/mol. The van der Waals surface area contributed by atoms with Crippen LogP contribution in [0, 0.1) is 13.8 Å². The molecule has 0 atom stereocenters. The van der Waals surface area contributed by atoms with Crippen LogP contribution >= 0.6 is 0 Å². The Bertz CT molecular complexity index is 1300. The van der Waals surface area contributed by atoms with E-state index in [1.165, 1.54) is 11.1 Å². The molecule has 3 heterocycles. The second kappa shape index (κ2) is 6.06. The van der Waals surface area contributed by atoms with Gasteiger partial charge in [0.15, 0.2) is 0 Å². The second-order valence-corrected chi connectivity index (χ2v) is 6.89. The first kappa shape index (κ1) is 15.8. The molecule has 0 bridgehead atoms. The van der Waals surface area contributed by atoms with E-state index in [-0.39, 0.29) is 0 Å². The van der Waals surface area contributed by atoms with Crippen LogP contribution in [0.25, 0.3) is 44.5 Å². The molecule has 3 heteroatoms. The largest absolute Gasteiger partial charge is 0.437 e. The van der Waals surface area contributed by atoms with Crippen molar-refractivity contribution < 1.29 is 4.42 Å². The predicted octanol–water partition coefficient (Wildman–Crippen LogP) is 6.33. The molecule has 5 aromatic rings. The molecule has 0 unspecified atom stereocenters. The molecule has 0 aliphatic carbocycles. The molecule has 0 aliphatic rings. The van der Waals surface area contributed by atoms with Crippen molar-refractivity contribution in [2.75, 3.05) is 0 Å². The highest BCUT2D eigenvalue weighted by molar-refractivity contribution is 6.08. The molecule has 0 saturated carbocycles. The number of furan rings is 1. The molecule has 130 valence electrons. The molecule has 0 fully saturated rings. The topological polar surface area (TPSA) is 38.9 Å². The number of aryl methyl sites for hydroxylation is 2. The van der Waals surface area contributed by atoms with Crippen molar-refractivity contribution in [3.8, 4) is 22.4 Å². The van der Waals surface area contributed by atoms with Crippen LogP contribution in [0.5, 0.6) is 0 Å². The van der Waals surface area contributed by atoms with E-state index in [0.29, 0.717) is 5.71 Å². The van der Waals surface area contributed by atoms with Crippen LogP contribution < -0.4 is 0 Å². The lowest BCUT2D eigenvalue weighted by molar-refractivity contribution is 0.653. The molecule has 0 radical (unpaired) electrons. The number of nitrogens with zero attached hydrogens (tertiary/aromatic N) is 2. The Morgan fingerprint density at radius 1 is 0.778 bits per heavy atom. The summed E-state index contributed by atoms with van der Waals surface area (Å²) in [6, 6.07) is 22.9. The number of benzene rings is 2. The molecule has 0 spiro atoms. The average molecular weight is 350 g/mol. The minimum absolute atomic E-state index is 0.673. The maximum atomic E-state index is 6.13. The van der Waals surface area contributed by atoms with E-state index in [0.717, 1.165) is 38.9 Å². The summed E-state index contributed by atoms with van der Waals surface area (Å²) in [4.78, 5) is 9.15. The van der Waals surface area contributed by atoms with E-state index < -0.39 is 0 Å². The van der Waals surface area contributed by atoms with Crippen LogP contribution in [0.3, 0.4) is 0 Å². The van der Waals surface area contributed by atoms with Crippen LogP contribution in [0.15, 0.2) is 77.3 Å². The normalized spacial score (nSPS) is 11.3. The minimum Gasteiger partial charge on any atom is -0.437 e. The summed E-state index contributed by atoms with van der Waals surface area (Å²) in [6.07, 6.45) is 1.86. The predicted molar refractivity (Wildman–Crippen MR) is 110 cm³/mol. The SMILES string of the molecule is Cc1cccc(-c2ccnc(-c3cccc4c3oc3nc(C)ccc34)c2)c1. The third-order valence-corrected chi connectivity index (χ3v) is 4.89. The van der Waals surface area contributed by atoms with Gasteiger partial charge in [0.25, 0.3) is 0 Å². The Hall–Kier alpha value is -3.46. The standard InChI is InChI=1S/C24H18N2O/c1-15-5-3-6-17(13-15)18-11-12-25-22(14-18)21-8-4-7-19-20-10-9-16(2)26-24(20)27-23(19)21/h3-14H,1-2H3. The fraction of sp³-hybridized carbons (Fsp3) is 0.0833. The monoisotopic (exact) mass is 350 g/mol.